The second kappa shape index (κ2) is 10.5. The van der Waals surface area contributed by atoms with Gasteiger partial charge in [0.25, 0.3) is 0 Å². The van der Waals surface area contributed by atoms with Crippen molar-refractivity contribution in [3.05, 3.63) is 45.0 Å². The van der Waals surface area contributed by atoms with E-state index in [-0.39, 0.29) is 31.6 Å². The molecule has 7 atom stereocenters. The number of aliphatic hydroxyl groups excluding tert-OH is 3. The normalized spacial score (nSPS) is 28.6. The zero-order valence-corrected chi connectivity index (χ0v) is 24.2. The molecule has 2 aromatic carbocycles. The summed E-state index contributed by atoms with van der Waals surface area (Å²) in [6.07, 6.45) is -3.77. The number of likely N-dealkylation sites (N-methyl/N-ethyl adjacent to an activating group) is 1. The van der Waals surface area contributed by atoms with E-state index in [2.05, 4.69) is 6.07 Å². The van der Waals surface area contributed by atoms with E-state index in [1.807, 2.05) is 29.8 Å². The van der Waals surface area contributed by atoms with Crippen LogP contribution in [0.4, 0.5) is 0 Å². The van der Waals surface area contributed by atoms with Crippen LogP contribution >= 0.6 is 0 Å². The van der Waals surface area contributed by atoms with Crippen LogP contribution in [0.2, 0.25) is 0 Å². The van der Waals surface area contributed by atoms with Crippen molar-refractivity contribution in [3.8, 4) is 29.1 Å². The van der Waals surface area contributed by atoms with Gasteiger partial charge in [-0.05, 0) is 62.1 Å². The summed E-state index contributed by atoms with van der Waals surface area (Å²) >= 11 is 0. The van der Waals surface area contributed by atoms with Gasteiger partial charge < -0.3 is 44.5 Å². The lowest BCUT2D eigenvalue weighted by molar-refractivity contribution is -0.154. The minimum Gasteiger partial charge on any atom is -0.504 e. The van der Waals surface area contributed by atoms with Gasteiger partial charge >= 0.3 is 0 Å². The Kier molecular flexibility index (Phi) is 7.26. The van der Waals surface area contributed by atoms with E-state index in [4.69, 9.17) is 18.9 Å². The van der Waals surface area contributed by atoms with Crippen molar-refractivity contribution >= 4 is 0 Å². The van der Waals surface area contributed by atoms with Gasteiger partial charge in [-0.1, -0.05) is 6.07 Å². The molecule has 0 aliphatic carbocycles. The van der Waals surface area contributed by atoms with E-state index < -0.39 is 42.9 Å². The zero-order valence-electron chi connectivity index (χ0n) is 24.2. The first-order valence-electron chi connectivity index (χ1n) is 14.1. The summed E-state index contributed by atoms with van der Waals surface area (Å²) in [6.45, 7) is 5.02. The van der Waals surface area contributed by atoms with Crippen LogP contribution in [0.5, 0.6) is 23.0 Å². The molecule has 2 aromatic rings. The molecule has 0 saturated carbocycles. The van der Waals surface area contributed by atoms with Gasteiger partial charge in [0.2, 0.25) is 6.79 Å². The van der Waals surface area contributed by atoms with E-state index in [0.717, 1.165) is 11.1 Å². The molecule has 5 N–H and O–H groups in total. The SMILES string of the molecule is COc1c(C)cc2c(c1O)[C@H]1[C@@H]3[C@H](O)c4c(CC(O)O)c(C)c5c(c4[C@H](COC(C)O)N3[C@@H](C#N)C(C2)N1C)OCO5. The highest BCUT2D eigenvalue weighted by Crippen LogP contribution is 2.59. The van der Waals surface area contributed by atoms with Gasteiger partial charge in [0.1, 0.15) is 6.04 Å². The van der Waals surface area contributed by atoms with E-state index in [0.29, 0.717) is 51.5 Å². The molecule has 2 unspecified atom stereocenters. The summed E-state index contributed by atoms with van der Waals surface area (Å²) in [5.41, 5.74) is 4.34. The third-order valence-corrected chi connectivity index (χ3v) is 9.40. The molecule has 0 aromatic heterocycles. The third kappa shape index (κ3) is 4.07. The highest BCUT2D eigenvalue weighted by Gasteiger charge is 2.59. The number of piperazine rings is 1. The van der Waals surface area contributed by atoms with E-state index >= 15 is 0 Å². The fourth-order valence-corrected chi connectivity index (χ4v) is 7.80. The molecule has 42 heavy (non-hydrogen) atoms. The minimum absolute atomic E-state index is 0.0131. The molecule has 12 heteroatoms. The topological polar surface area (TPSA) is 168 Å². The first-order valence-corrected chi connectivity index (χ1v) is 14.1. The lowest BCUT2D eigenvalue weighted by Crippen LogP contribution is -2.69. The van der Waals surface area contributed by atoms with E-state index in [1.54, 1.807) is 6.92 Å². The number of hydrogen-bond acceptors (Lipinski definition) is 12. The van der Waals surface area contributed by atoms with Crippen LogP contribution in [0.25, 0.3) is 0 Å². The van der Waals surface area contributed by atoms with Crippen LogP contribution in [0.15, 0.2) is 6.07 Å². The van der Waals surface area contributed by atoms with Crippen LogP contribution in [-0.2, 0) is 17.6 Å². The van der Waals surface area contributed by atoms with Gasteiger partial charge in [0, 0.05) is 23.6 Å². The molecule has 6 rings (SSSR count). The number of ether oxygens (including phenoxy) is 4. The summed E-state index contributed by atoms with van der Waals surface area (Å²) in [6, 6.07) is 1.39. The van der Waals surface area contributed by atoms with Gasteiger partial charge in [0.15, 0.2) is 35.6 Å². The second-order valence-corrected chi connectivity index (χ2v) is 11.6. The summed E-state index contributed by atoms with van der Waals surface area (Å²) in [4.78, 5) is 3.96. The number of hydrogen-bond donors (Lipinski definition) is 5. The Morgan fingerprint density at radius 3 is 2.50 bits per heavy atom. The molecule has 0 radical (unpaired) electrons. The molecule has 4 aliphatic rings. The number of benzene rings is 2. The molecule has 12 nitrogen and oxygen atoms in total. The molecule has 4 heterocycles. The molecule has 1 fully saturated rings. The number of rotatable bonds is 6. The van der Waals surface area contributed by atoms with Gasteiger partial charge in [-0.15, -0.1) is 0 Å². The number of aliphatic hydroxyl groups is 4. The van der Waals surface area contributed by atoms with E-state index in [9.17, 15) is 30.8 Å². The average molecular weight is 584 g/mol. The molecule has 2 bridgehead atoms. The Bertz CT molecular complexity index is 1460. The summed E-state index contributed by atoms with van der Waals surface area (Å²) in [5.74, 6) is 1.16. The summed E-state index contributed by atoms with van der Waals surface area (Å²) < 4.78 is 23.1. The van der Waals surface area contributed by atoms with Crippen molar-refractivity contribution in [2.24, 2.45) is 0 Å². The summed E-state index contributed by atoms with van der Waals surface area (Å²) in [5, 5.41) is 64.9. The highest BCUT2D eigenvalue weighted by molar-refractivity contribution is 5.65. The minimum atomic E-state index is -1.71. The molecular formula is C30H37N3O9. The number of nitrogens with zero attached hydrogens (tertiary/aromatic N) is 3. The Hall–Kier alpha value is -3.15. The van der Waals surface area contributed by atoms with Gasteiger partial charge in [-0.25, -0.2) is 0 Å². The Morgan fingerprint density at radius 1 is 1.14 bits per heavy atom. The monoisotopic (exact) mass is 583 g/mol. The first-order chi connectivity index (χ1) is 20.0. The van der Waals surface area contributed by atoms with Gasteiger partial charge in [0.05, 0.1) is 44.0 Å². The summed E-state index contributed by atoms with van der Waals surface area (Å²) in [7, 11) is 3.38. The predicted octanol–water partition coefficient (Wildman–Crippen LogP) is 1.22. The molecule has 0 spiro atoms. The first kappa shape index (κ1) is 28.9. The lowest BCUT2D eigenvalue weighted by Gasteiger charge is -2.61. The van der Waals surface area contributed by atoms with Crippen molar-refractivity contribution in [2.45, 2.75) is 82.5 Å². The van der Waals surface area contributed by atoms with Crippen LogP contribution in [0.3, 0.4) is 0 Å². The van der Waals surface area contributed by atoms with Gasteiger partial charge in [-0.2, -0.15) is 5.26 Å². The fraction of sp³-hybridized carbons (Fsp3) is 0.567. The number of phenolic OH excluding ortho intramolecular Hbond substituents is 1. The fourth-order valence-electron chi connectivity index (χ4n) is 7.80. The smallest absolute Gasteiger partial charge is 0.231 e. The van der Waals surface area contributed by atoms with Crippen LogP contribution in [0.1, 0.15) is 64.1 Å². The number of phenols is 1. The maximum Gasteiger partial charge on any atom is 0.231 e. The van der Waals surface area contributed by atoms with Crippen molar-refractivity contribution < 1.29 is 44.5 Å². The van der Waals surface area contributed by atoms with Gasteiger partial charge in [-0.3, -0.25) is 9.80 Å². The molecule has 4 aliphatic heterocycles. The molecule has 1 saturated heterocycles. The Balaban J connectivity index is 1.65. The van der Waals surface area contributed by atoms with Crippen molar-refractivity contribution in [3.63, 3.8) is 0 Å². The standard InChI is InChI=1S/C30H37N3O9/c1-12-6-15-7-17-18(9-31)33-19(10-40-14(3)34)23-22(16(8-20(35)36)13(2)29-30(23)42-11-41-29)26(37)25(33)24(32(17)4)21(15)27(38)28(12)39-5/h6,14,17-20,24-26,34-38H,7-8,10-11H2,1-5H3/t14?,17?,18-,19-,24-,25+,26+/m0/s1. The predicted molar refractivity (Wildman–Crippen MR) is 147 cm³/mol. The maximum atomic E-state index is 12.4. The maximum absolute atomic E-state index is 12.4. The third-order valence-electron chi connectivity index (χ3n) is 9.40. The number of nitriles is 1. The van der Waals surface area contributed by atoms with Crippen LogP contribution in [-0.4, -0.2) is 93.6 Å². The largest absolute Gasteiger partial charge is 0.504 e. The zero-order chi connectivity index (χ0) is 30.2. The Labute approximate surface area is 243 Å². The van der Waals surface area contributed by atoms with Crippen molar-refractivity contribution in [2.75, 3.05) is 27.6 Å². The van der Waals surface area contributed by atoms with E-state index in [1.165, 1.54) is 14.0 Å². The molecule has 226 valence electrons. The van der Waals surface area contributed by atoms with Crippen LogP contribution in [0, 0.1) is 25.2 Å². The number of fused-ring (bicyclic) bond motifs is 9. The Morgan fingerprint density at radius 2 is 1.86 bits per heavy atom. The van der Waals surface area contributed by atoms with Crippen molar-refractivity contribution in [1.82, 2.24) is 9.80 Å². The second-order valence-electron chi connectivity index (χ2n) is 11.6. The molecular weight excluding hydrogens is 546 g/mol. The number of aryl methyl sites for hydroxylation is 1. The number of methoxy groups -OCH3 is 1. The lowest BCUT2D eigenvalue weighted by atomic mass is 9.69. The van der Waals surface area contributed by atoms with Crippen molar-refractivity contribution in [1.29, 1.82) is 5.26 Å². The molecule has 0 amide bonds. The van der Waals surface area contributed by atoms with Crippen LogP contribution < -0.4 is 14.2 Å². The average Bonchev–Trinajstić information content (AvgIpc) is 3.41. The highest BCUT2D eigenvalue weighted by atomic mass is 16.7. The quantitative estimate of drug-likeness (QED) is 0.309. The number of aromatic hydroxyl groups is 1.